The minimum absolute atomic E-state index is 0.323. The summed E-state index contributed by atoms with van der Waals surface area (Å²) in [6.45, 7) is 9.35. The molecule has 0 aromatic heterocycles. The van der Waals surface area contributed by atoms with Gasteiger partial charge in [-0.15, -0.1) is 0 Å². The van der Waals surface area contributed by atoms with Crippen molar-refractivity contribution in [2.45, 2.75) is 46.3 Å². The van der Waals surface area contributed by atoms with E-state index in [9.17, 15) is 0 Å². The molecule has 0 atom stereocenters. The second-order valence-electron chi connectivity index (χ2n) is 5.18. The van der Waals surface area contributed by atoms with Crippen molar-refractivity contribution >= 4 is 0 Å². The molecule has 0 fully saturated rings. The predicted molar refractivity (Wildman–Crippen MR) is 86.2 cm³/mol. The normalized spacial score (nSPS) is 10.9. The molecule has 0 spiro atoms. The van der Waals surface area contributed by atoms with Gasteiger partial charge in [0.25, 0.3) is 0 Å². The molecule has 0 saturated heterocycles. The van der Waals surface area contributed by atoms with Gasteiger partial charge in [0.2, 0.25) is 0 Å². The first-order valence-corrected chi connectivity index (χ1v) is 7.80. The molecule has 0 unspecified atom stereocenters. The van der Waals surface area contributed by atoms with Gasteiger partial charge in [0.05, 0.1) is 19.8 Å². The van der Waals surface area contributed by atoms with Gasteiger partial charge in [-0.3, -0.25) is 0 Å². The third kappa shape index (κ3) is 6.82. The summed E-state index contributed by atoms with van der Waals surface area (Å²) in [5.41, 5.74) is 1.13. The molecule has 0 radical (unpaired) electrons. The van der Waals surface area contributed by atoms with E-state index in [2.05, 4.69) is 25.2 Å². The standard InChI is InChI=1S/C17H29NO3/c1-5-20-16-10-8-9-15(17(16)19-4)13-18-11-6-7-12-21-14(2)3/h8-10,14,18H,5-7,11-13H2,1-4H3. The lowest BCUT2D eigenvalue weighted by atomic mass is 10.2. The van der Waals surface area contributed by atoms with Crippen molar-refractivity contribution in [3.05, 3.63) is 23.8 Å². The number of benzene rings is 1. The summed E-state index contributed by atoms with van der Waals surface area (Å²) in [5, 5.41) is 3.44. The zero-order valence-electron chi connectivity index (χ0n) is 13.8. The monoisotopic (exact) mass is 295 g/mol. The Morgan fingerprint density at radius 2 is 2.00 bits per heavy atom. The number of hydrogen-bond donors (Lipinski definition) is 1. The number of nitrogens with one attached hydrogen (secondary N) is 1. The maximum Gasteiger partial charge on any atom is 0.165 e. The number of rotatable bonds is 11. The van der Waals surface area contributed by atoms with Crippen LogP contribution < -0.4 is 14.8 Å². The first-order valence-electron chi connectivity index (χ1n) is 7.80. The largest absolute Gasteiger partial charge is 0.493 e. The van der Waals surface area contributed by atoms with Crippen LogP contribution >= 0.6 is 0 Å². The van der Waals surface area contributed by atoms with Crippen LogP contribution in [0.3, 0.4) is 0 Å². The van der Waals surface area contributed by atoms with Crippen LogP contribution in [0.2, 0.25) is 0 Å². The summed E-state index contributed by atoms with van der Waals surface area (Å²) in [6, 6.07) is 6.01. The molecule has 0 aliphatic rings. The van der Waals surface area contributed by atoms with Crippen LogP contribution in [-0.4, -0.2) is 33.0 Å². The van der Waals surface area contributed by atoms with E-state index < -0.39 is 0 Å². The molecule has 21 heavy (non-hydrogen) atoms. The van der Waals surface area contributed by atoms with Crippen molar-refractivity contribution in [2.75, 3.05) is 26.9 Å². The number of unbranched alkanes of at least 4 members (excludes halogenated alkanes) is 1. The molecule has 0 heterocycles. The predicted octanol–water partition coefficient (Wildman–Crippen LogP) is 3.39. The maximum atomic E-state index is 5.58. The molecule has 1 aromatic rings. The van der Waals surface area contributed by atoms with Crippen molar-refractivity contribution < 1.29 is 14.2 Å². The van der Waals surface area contributed by atoms with Gasteiger partial charge >= 0.3 is 0 Å². The molecule has 1 aromatic carbocycles. The summed E-state index contributed by atoms with van der Waals surface area (Å²) < 4.78 is 16.6. The highest BCUT2D eigenvalue weighted by atomic mass is 16.5. The van der Waals surface area contributed by atoms with Crippen molar-refractivity contribution in [3.63, 3.8) is 0 Å². The molecule has 0 bridgehead atoms. The minimum atomic E-state index is 0.323. The van der Waals surface area contributed by atoms with E-state index in [1.165, 1.54) is 0 Å². The number of ether oxygens (including phenoxy) is 3. The lowest BCUT2D eigenvalue weighted by Crippen LogP contribution is -2.16. The topological polar surface area (TPSA) is 39.7 Å². The van der Waals surface area contributed by atoms with E-state index in [1.807, 2.05) is 19.1 Å². The van der Waals surface area contributed by atoms with E-state index in [1.54, 1.807) is 7.11 Å². The third-order valence-corrected chi connectivity index (χ3v) is 3.08. The van der Waals surface area contributed by atoms with Crippen LogP contribution in [0.4, 0.5) is 0 Å². The first-order chi connectivity index (χ1) is 10.2. The summed E-state index contributed by atoms with van der Waals surface area (Å²) in [4.78, 5) is 0. The minimum Gasteiger partial charge on any atom is -0.493 e. The number of hydrogen-bond acceptors (Lipinski definition) is 4. The second kappa shape index (κ2) is 10.5. The number of methoxy groups -OCH3 is 1. The molecule has 4 nitrogen and oxygen atoms in total. The summed E-state index contributed by atoms with van der Waals surface area (Å²) in [6.07, 6.45) is 2.52. The fourth-order valence-electron chi connectivity index (χ4n) is 2.10. The molecule has 0 saturated carbocycles. The quantitative estimate of drug-likeness (QED) is 0.635. The van der Waals surface area contributed by atoms with Crippen LogP contribution in [0.5, 0.6) is 11.5 Å². The highest BCUT2D eigenvalue weighted by Crippen LogP contribution is 2.30. The molecule has 0 aliphatic carbocycles. The van der Waals surface area contributed by atoms with Crippen LogP contribution in [0.25, 0.3) is 0 Å². The molecular formula is C17H29NO3. The van der Waals surface area contributed by atoms with Crippen LogP contribution in [0.1, 0.15) is 39.2 Å². The third-order valence-electron chi connectivity index (χ3n) is 3.08. The van der Waals surface area contributed by atoms with Gasteiger partial charge in [-0.1, -0.05) is 12.1 Å². The Bertz CT molecular complexity index is 394. The van der Waals surface area contributed by atoms with Crippen molar-refractivity contribution in [3.8, 4) is 11.5 Å². The molecule has 120 valence electrons. The van der Waals surface area contributed by atoms with Gasteiger partial charge in [0.1, 0.15) is 0 Å². The lowest BCUT2D eigenvalue weighted by molar-refractivity contribution is 0.0760. The van der Waals surface area contributed by atoms with Gasteiger partial charge < -0.3 is 19.5 Å². The fourth-order valence-corrected chi connectivity index (χ4v) is 2.10. The van der Waals surface area contributed by atoms with Gasteiger partial charge in [-0.2, -0.15) is 0 Å². The highest BCUT2D eigenvalue weighted by molar-refractivity contribution is 5.46. The van der Waals surface area contributed by atoms with Crippen molar-refractivity contribution in [1.29, 1.82) is 0 Å². The van der Waals surface area contributed by atoms with E-state index in [0.29, 0.717) is 12.7 Å². The fraction of sp³-hybridized carbons (Fsp3) is 0.647. The molecule has 1 rings (SSSR count). The zero-order valence-corrected chi connectivity index (χ0v) is 13.8. The summed E-state index contributed by atoms with van der Waals surface area (Å²) >= 11 is 0. The maximum absolute atomic E-state index is 5.58. The summed E-state index contributed by atoms with van der Waals surface area (Å²) in [7, 11) is 1.69. The van der Waals surface area contributed by atoms with Crippen LogP contribution in [0.15, 0.2) is 18.2 Å². The Labute approximate surface area is 128 Å². The Morgan fingerprint density at radius 3 is 2.67 bits per heavy atom. The van der Waals surface area contributed by atoms with E-state index in [0.717, 1.165) is 49.6 Å². The van der Waals surface area contributed by atoms with Gasteiger partial charge in [0, 0.05) is 18.7 Å². The molecule has 0 amide bonds. The molecular weight excluding hydrogens is 266 g/mol. The Balaban J connectivity index is 2.33. The molecule has 4 heteroatoms. The Kier molecular flexibility index (Phi) is 8.87. The van der Waals surface area contributed by atoms with E-state index in [-0.39, 0.29) is 0 Å². The molecule has 0 aliphatic heterocycles. The van der Waals surface area contributed by atoms with E-state index in [4.69, 9.17) is 14.2 Å². The SMILES string of the molecule is CCOc1cccc(CNCCCCOC(C)C)c1OC. The van der Waals surface area contributed by atoms with Crippen molar-refractivity contribution in [2.24, 2.45) is 0 Å². The second-order valence-corrected chi connectivity index (χ2v) is 5.18. The van der Waals surface area contributed by atoms with Gasteiger partial charge in [-0.05, 0) is 46.2 Å². The van der Waals surface area contributed by atoms with Crippen molar-refractivity contribution in [1.82, 2.24) is 5.32 Å². The Morgan fingerprint density at radius 1 is 1.19 bits per heavy atom. The first kappa shape index (κ1) is 17.8. The van der Waals surface area contributed by atoms with Crippen LogP contribution in [0, 0.1) is 0 Å². The molecule has 1 N–H and O–H groups in total. The zero-order chi connectivity index (χ0) is 15.5. The number of para-hydroxylation sites is 1. The van der Waals surface area contributed by atoms with E-state index >= 15 is 0 Å². The van der Waals surface area contributed by atoms with Gasteiger partial charge in [-0.25, -0.2) is 0 Å². The average molecular weight is 295 g/mol. The van der Waals surface area contributed by atoms with Gasteiger partial charge in [0.15, 0.2) is 11.5 Å². The average Bonchev–Trinajstić information content (AvgIpc) is 2.46. The summed E-state index contributed by atoms with van der Waals surface area (Å²) in [5.74, 6) is 1.64. The van der Waals surface area contributed by atoms with Crippen LogP contribution in [-0.2, 0) is 11.3 Å². The lowest BCUT2D eigenvalue weighted by Gasteiger charge is -2.14. The Hall–Kier alpha value is -1.26. The highest BCUT2D eigenvalue weighted by Gasteiger charge is 2.09. The smallest absolute Gasteiger partial charge is 0.165 e.